The first kappa shape index (κ1) is 22.9. The molecule has 7 heteroatoms. The first-order valence-corrected chi connectivity index (χ1v) is 11.9. The molecule has 0 aliphatic heterocycles. The molecule has 31 heavy (non-hydrogen) atoms. The molecule has 0 fully saturated rings. The Labute approximate surface area is 189 Å². The molecule has 160 valence electrons. The van der Waals surface area contributed by atoms with E-state index in [1.165, 1.54) is 23.5 Å². The Hall–Kier alpha value is -2.77. The van der Waals surface area contributed by atoms with Crippen LogP contribution in [0.1, 0.15) is 34.2 Å². The van der Waals surface area contributed by atoms with Crippen molar-refractivity contribution < 1.29 is 19.8 Å². The maximum Gasteiger partial charge on any atom is 0.304 e. The smallest absolute Gasteiger partial charge is 0.304 e. The van der Waals surface area contributed by atoms with Crippen molar-refractivity contribution in [3.05, 3.63) is 77.5 Å². The number of rotatable bonds is 11. The van der Waals surface area contributed by atoms with E-state index in [-0.39, 0.29) is 17.4 Å². The van der Waals surface area contributed by atoms with Crippen molar-refractivity contribution in [3.63, 3.8) is 0 Å². The van der Waals surface area contributed by atoms with Crippen LogP contribution >= 0.6 is 23.5 Å². The van der Waals surface area contributed by atoms with Crippen molar-refractivity contribution in [3.8, 4) is 0 Å². The van der Waals surface area contributed by atoms with E-state index in [4.69, 9.17) is 10.2 Å². The second kappa shape index (κ2) is 11.6. The number of hydrogen-bond acceptors (Lipinski definition) is 5. The van der Waals surface area contributed by atoms with Crippen LogP contribution in [0.3, 0.4) is 0 Å². The third-order valence-electron chi connectivity index (χ3n) is 4.42. The average Bonchev–Trinajstić information content (AvgIpc) is 2.76. The van der Waals surface area contributed by atoms with Crippen molar-refractivity contribution >= 4 is 58.5 Å². The summed E-state index contributed by atoms with van der Waals surface area (Å²) in [4.78, 5) is 26.4. The zero-order chi connectivity index (χ0) is 22.1. The van der Waals surface area contributed by atoms with Crippen LogP contribution in [0.2, 0.25) is 0 Å². The number of para-hydroxylation sites is 1. The van der Waals surface area contributed by atoms with Gasteiger partial charge in [0.2, 0.25) is 0 Å². The van der Waals surface area contributed by atoms with Gasteiger partial charge in [-0.2, -0.15) is 0 Å². The molecule has 2 aromatic carbocycles. The fraction of sp³-hybridized carbons (Fsp3) is 0.208. The van der Waals surface area contributed by atoms with Gasteiger partial charge in [-0.15, -0.1) is 23.5 Å². The lowest BCUT2D eigenvalue weighted by Gasteiger charge is -2.16. The van der Waals surface area contributed by atoms with Gasteiger partial charge in [-0.25, -0.2) is 4.98 Å². The van der Waals surface area contributed by atoms with Gasteiger partial charge in [-0.05, 0) is 35.4 Å². The van der Waals surface area contributed by atoms with Crippen LogP contribution in [0, 0.1) is 0 Å². The summed E-state index contributed by atoms with van der Waals surface area (Å²) in [5.41, 5.74) is 3.87. The minimum atomic E-state index is -0.832. The van der Waals surface area contributed by atoms with E-state index in [2.05, 4.69) is 11.1 Å². The standard InChI is InChI=1S/C24H23NO4S2/c26-22(27)12-14-30-24(31-15-13-23(28)29)19-6-3-4-17(16-19)8-10-20-11-9-18-5-1-2-7-21(18)25-20/h1-11,16,24H,12-15H2,(H,26,27)(H,28,29)/b10-8+. The van der Waals surface area contributed by atoms with Gasteiger partial charge in [-0.1, -0.05) is 48.5 Å². The van der Waals surface area contributed by atoms with Crippen molar-refractivity contribution in [1.82, 2.24) is 4.98 Å². The number of aliphatic carboxylic acids is 2. The van der Waals surface area contributed by atoms with E-state index in [0.717, 1.165) is 27.7 Å². The SMILES string of the molecule is O=C(O)CCSC(SCCC(=O)O)c1cccc(/C=C/c2ccc3ccccc3n2)c1. The number of carboxylic acids is 2. The van der Waals surface area contributed by atoms with Crippen LogP contribution in [0.15, 0.2) is 60.7 Å². The Morgan fingerprint density at radius 1 is 0.871 bits per heavy atom. The number of pyridine rings is 1. The quantitative estimate of drug-likeness (QED) is 0.354. The predicted molar refractivity (Wildman–Crippen MR) is 129 cm³/mol. The zero-order valence-corrected chi connectivity index (χ0v) is 18.4. The summed E-state index contributed by atoms with van der Waals surface area (Å²) < 4.78 is -0.0224. The summed E-state index contributed by atoms with van der Waals surface area (Å²) in [5, 5.41) is 18.9. The maximum atomic E-state index is 10.9. The van der Waals surface area contributed by atoms with Crippen LogP contribution in [0.25, 0.3) is 23.1 Å². The fourth-order valence-corrected chi connectivity index (χ4v) is 5.57. The molecule has 3 rings (SSSR count). The summed E-state index contributed by atoms with van der Waals surface area (Å²) in [7, 11) is 0. The highest BCUT2D eigenvalue weighted by Gasteiger charge is 2.14. The summed E-state index contributed by atoms with van der Waals surface area (Å²) in [6, 6.07) is 20.0. The van der Waals surface area contributed by atoms with Gasteiger partial charge in [-0.3, -0.25) is 9.59 Å². The van der Waals surface area contributed by atoms with Crippen LogP contribution in [0.5, 0.6) is 0 Å². The molecule has 0 amide bonds. The molecule has 0 aliphatic carbocycles. The van der Waals surface area contributed by atoms with E-state index in [0.29, 0.717) is 11.5 Å². The molecule has 1 aromatic heterocycles. The fourth-order valence-electron chi connectivity index (χ4n) is 2.91. The molecule has 0 bridgehead atoms. The Morgan fingerprint density at radius 2 is 1.58 bits per heavy atom. The summed E-state index contributed by atoms with van der Waals surface area (Å²) >= 11 is 3.06. The summed E-state index contributed by atoms with van der Waals surface area (Å²) in [6.07, 6.45) is 4.12. The molecule has 0 aliphatic rings. The van der Waals surface area contributed by atoms with Gasteiger partial charge < -0.3 is 10.2 Å². The van der Waals surface area contributed by atoms with Gasteiger partial charge in [0, 0.05) is 16.9 Å². The van der Waals surface area contributed by atoms with E-state index in [1.54, 1.807) is 0 Å². The monoisotopic (exact) mass is 453 g/mol. The van der Waals surface area contributed by atoms with Crippen LogP contribution < -0.4 is 0 Å². The number of aromatic nitrogens is 1. The largest absolute Gasteiger partial charge is 0.481 e. The number of thioether (sulfide) groups is 2. The molecule has 0 saturated carbocycles. The first-order valence-electron chi connectivity index (χ1n) is 9.82. The third kappa shape index (κ3) is 7.45. The number of carboxylic acid groups (broad SMARTS) is 2. The van der Waals surface area contributed by atoms with Crippen molar-refractivity contribution in [2.45, 2.75) is 17.4 Å². The highest BCUT2D eigenvalue weighted by molar-refractivity contribution is 8.16. The number of hydrogen-bond donors (Lipinski definition) is 2. The lowest BCUT2D eigenvalue weighted by Crippen LogP contribution is -2.01. The van der Waals surface area contributed by atoms with E-state index in [9.17, 15) is 9.59 Å². The topological polar surface area (TPSA) is 87.5 Å². The Bertz CT molecular complexity index is 1060. The Balaban J connectivity index is 1.74. The predicted octanol–water partition coefficient (Wildman–Crippen LogP) is 5.82. The van der Waals surface area contributed by atoms with Crippen LogP contribution in [-0.2, 0) is 9.59 Å². The van der Waals surface area contributed by atoms with Gasteiger partial charge in [0.15, 0.2) is 0 Å². The number of fused-ring (bicyclic) bond motifs is 1. The summed E-state index contributed by atoms with van der Waals surface area (Å²) in [6.45, 7) is 0. The van der Waals surface area contributed by atoms with Crippen LogP contribution in [0.4, 0.5) is 0 Å². The first-order chi connectivity index (χ1) is 15.0. The average molecular weight is 454 g/mol. The molecular formula is C24H23NO4S2. The molecule has 3 aromatic rings. The molecule has 5 nitrogen and oxygen atoms in total. The Kier molecular flexibility index (Phi) is 8.55. The van der Waals surface area contributed by atoms with Gasteiger partial charge >= 0.3 is 11.9 Å². The van der Waals surface area contributed by atoms with Crippen molar-refractivity contribution in [1.29, 1.82) is 0 Å². The lowest BCUT2D eigenvalue weighted by molar-refractivity contribution is -0.137. The highest BCUT2D eigenvalue weighted by Crippen LogP contribution is 2.40. The minimum Gasteiger partial charge on any atom is -0.481 e. The highest BCUT2D eigenvalue weighted by atomic mass is 32.2. The van der Waals surface area contributed by atoms with Crippen molar-refractivity contribution in [2.24, 2.45) is 0 Å². The number of carbonyl (C=O) groups is 2. The normalized spacial score (nSPS) is 11.4. The van der Waals surface area contributed by atoms with Gasteiger partial charge in [0.05, 0.1) is 28.6 Å². The second-order valence-corrected chi connectivity index (χ2v) is 9.52. The van der Waals surface area contributed by atoms with E-state index in [1.807, 2.05) is 66.7 Å². The van der Waals surface area contributed by atoms with E-state index < -0.39 is 11.9 Å². The lowest BCUT2D eigenvalue weighted by atomic mass is 10.1. The molecule has 0 saturated heterocycles. The second-order valence-electron chi connectivity index (χ2n) is 6.79. The van der Waals surface area contributed by atoms with Crippen molar-refractivity contribution in [2.75, 3.05) is 11.5 Å². The molecule has 0 radical (unpaired) electrons. The maximum absolute atomic E-state index is 10.9. The zero-order valence-electron chi connectivity index (χ0n) is 16.8. The number of nitrogens with zero attached hydrogens (tertiary/aromatic N) is 1. The van der Waals surface area contributed by atoms with Crippen LogP contribution in [-0.4, -0.2) is 38.6 Å². The molecular weight excluding hydrogens is 430 g/mol. The third-order valence-corrected chi connectivity index (χ3v) is 7.27. The Morgan fingerprint density at radius 3 is 2.29 bits per heavy atom. The van der Waals surface area contributed by atoms with E-state index >= 15 is 0 Å². The molecule has 2 N–H and O–H groups in total. The minimum absolute atomic E-state index is 0.0224. The number of benzene rings is 2. The molecule has 0 atom stereocenters. The molecule has 1 heterocycles. The summed E-state index contributed by atoms with van der Waals surface area (Å²) in [5.74, 6) is -0.717. The molecule has 0 unspecified atom stereocenters. The molecule has 0 spiro atoms. The van der Waals surface area contributed by atoms with Gasteiger partial charge in [0.25, 0.3) is 0 Å². The van der Waals surface area contributed by atoms with Gasteiger partial charge in [0.1, 0.15) is 0 Å².